The van der Waals surface area contributed by atoms with E-state index in [0.29, 0.717) is 27.9 Å². The third-order valence-electron chi connectivity index (χ3n) is 6.57. The molecule has 2 atom stereocenters. The van der Waals surface area contributed by atoms with Crippen LogP contribution in [0.25, 0.3) is 17.1 Å². The van der Waals surface area contributed by atoms with Crippen molar-refractivity contribution in [1.29, 1.82) is 0 Å². The molecule has 2 aliphatic heterocycles. The molecule has 0 aliphatic carbocycles. The average Bonchev–Trinajstić information content (AvgIpc) is 3.40. The number of nitrogens with zero attached hydrogens (tertiary/aromatic N) is 4. The molecule has 32 heavy (non-hydrogen) atoms. The second-order valence-corrected chi connectivity index (χ2v) is 8.98. The van der Waals surface area contributed by atoms with Gasteiger partial charge in [0, 0.05) is 42.8 Å². The summed E-state index contributed by atoms with van der Waals surface area (Å²) in [6, 6.07) is 12.8. The van der Waals surface area contributed by atoms with Gasteiger partial charge >= 0.3 is 0 Å². The first kappa shape index (κ1) is 20.7. The number of nitrogens with one attached hydrogen (secondary N) is 1. The third kappa shape index (κ3) is 4.25. The first-order valence-electron chi connectivity index (χ1n) is 10.9. The number of fused-ring (bicyclic) bond motifs is 2. The molecule has 0 saturated carbocycles. The van der Waals surface area contributed by atoms with E-state index in [1.165, 1.54) is 0 Å². The van der Waals surface area contributed by atoms with Crippen molar-refractivity contribution in [2.45, 2.75) is 12.8 Å². The lowest BCUT2D eigenvalue weighted by atomic mass is 9.92. The second-order valence-electron chi connectivity index (χ2n) is 8.54. The average molecular weight is 450 g/mol. The largest absolute Gasteiger partial charge is 0.339 e. The zero-order valence-electron chi connectivity index (χ0n) is 17.6. The maximum atomic E-state index is 13.0. The van der Waals surface area contributed by atoms with E-state index in [1.54, 1.807) is 12.1 Å². The molecule has 5 rings (SSSR count). The van der Waals surface area contributed by atoms with Crippen LogP contribution in [0.1, 0.15) is 28.8 Å². The first-order chi connectivity index (χ1) is 15.6. The maximum Gasteiger partial charge on any atom is 0.253 e. The van der Waals surface area contributed by atoms with Crippen molar-refractivity contribution in [2.24, 2.45) is 11.8 Å². The van der Waals surface area contributed by atoms with Gasteiger partial charge in [-0.05, 0) is 66.6 Å². The summed E-state index contributed by atoms with van der Waals surface area (Å²) in [7, 11) is 0. The van der Waals surface area contributed by atoms with Gasteiger partial charge in [0.15, 0.2) is 0 Å². The lowest BCUT2D eigenvalue weighted by Gasteiger charge is -2.21. The summed E-state index contributed by atoms with van der Waals surface area (Å²) in [5, 5.41) is 11.4. The fourth-order valence-electron chi connectivity index (χ4n) is 4.74. The zero-order chi connectivity index (χ0) is 22.1. The molecule has 2 saturated heterocycles. The van der Waals surface area contributed by atoms with Crippen molar-refractivity contribution in [3.63, 3.8) is 0 Å². The quantitative estimate of drug-likeness (QED) is 0.619. The number of aromatic amines is 1. The van der Waals surface area contributed by atoms with Gasteiger partial charge in [0.05, 0.1) is 0 Å². The fraction of sp³-hybridized carbons (Fsp3) is 0.333. The number of amides is 2. The highest BCUT2D eigenvalue weighted by atomic mass is 35.5. The van der Waals surface area contributed by atoms with E-state index >= 15 is 0 Å². The van der Waals surface area contributed by atoms with Crippen molar-refractivity contribution >= 4 is 40.5 Å². The van der Waals surface area contributed by atoms with Gasteiger partial charge in [-0.3, -0.25) is 9.59 Å². The van der Waals surface area contributed by atoms with Crippen LogP contribution in [-0.2, 0) is 4.79 Å². The van der Waals surface area contributed by atoms with E-state index in [1.807, 2.05) is 52.3 Å². The molecule has 3 aromatic rings. The number of carbonyl (C=O) groups excluding carboxylic acids is 2. The topological polar surface area (TPSA) is 82.2 Å². The number of H-pyrrole nitrogens is 1. The molecule has 0 spiro atoms. The Balaban J connectivity index is 1.19. The van der Waals surface area contributed by atoms with E-state index < -0.39 is 0 Å². The third-order valence-corrected chi connectivity index (χ3v) is 6.82. The van der Waals surface area contributed by atoms with Gasteiger partial charge in [-0.1, -0.05) is 23.7 Å². The molecular formula is C24H24ClN5O2. The van der Waals surface area contributed by atoms with Crippen LogP contribution in [0.3, 0.4) is 0 Å². The Bertz CT molecular complexity index is 1160. The normalized spacial score (nSPS) is 21.2. The maximum absolute atomic E-state index is 13.0. The van der Waals surface area contributed by atoms with E-state index in [9.17, 15) is 9.59 Å². The smallest absolute Gasteiger partial charge is 0.253 e. The lowest BCUT2D eigenvalue weighted by Crippen LogP contribution is -2.33. The van der Waals surface area contributed by atoms with Gasteiger partial charge in [0.2, 0.25) is 5.91 Å². The van der Waals surface area contributed by atoms with Gasteiger partial charge in [-0.2, -0.15) is 15.4 Å². The molecule has 2 fully saturated rings. The van der Waals surface area contributed by atoms with Crippen molar-refractivity contribution < 1.29 is 9.59 Å². The van der Waals surface area contributed by atoms with Crippen molar-refractivity contribution in [2.75, 3.05) is 26.2 Å². The number of rotatable bonds is 3. The van der Waals surface area contributed by atoms with E-state index in [4.69, 9.17) is 11.6 Å². The zero-order valence-corrected chi connectivity index (χ0v) is 18.3. The van der Waals surface area contributed by atoms with E-state index in [2.05, 4.69) is 15.4 Å². The highest BCUT2D eigenvalue weighted by molar-refractivity contribution is 6.30. The Hall–Kier alpha value is -3.19. The van der Waals surface area contributed by atoms with Crippen LogP contribution < -0.4 is 0 Å². The fourth-order valence-corrected chi connectivity index (χ4v) is 4.86. The number of carbonyl (C=O) groups is 2. The van der Waals surface area contributed by atoms with Crippen LogP contribution in [0.4, 0.5) is 0 Å². The molecular weight excluding hydrogens is 426 g/mol. The molecule has 7 nitrogen and oxygen atoms in total. The van der Waals surface area contributed by atoms with Crippen LogP contribution in [-0.4, -0.2) is 63.2 Å². The van der Waals surface area contributed by atoms with Crippen LogP contribution >= 0.6 is 11.6 Å². The molecule has 8 heteroatoms. The lowest BCUT2D eigenvalue weighted by molar-refractivity contribution is -0.126. The Morgan fingerprint density at radius 1 is 0.938 bits per heavy atom. The van der Waals surface area contributed by atoms with Gasteiger partial charge in [-0.15, -0.1) is 0 Å². The summed E-state index contributed by atoms with van der Waals surface area (Å²) >= 11 is 5.91. The minimum atomic E-state index is 0.0359. The van der Waals surface area contributed by atoms with Crippen molar-refractivity contribution in [1.82, 2.24) is 25.2 Å². The van der Waals surface area contributed by atoms with E-state index in [-0.39, 0.29) is 11.8 Å². The van der Waals surface area contributed by atoms with Gasteiger partial charge in [-0.25, -0.2) is 0 Å². The van der Waals surface area contributed by atoms with Crippen molar-refractivity contribution in [3.05, 3.63) is 64.7 Å². The highest BCUT2D eigenvalue weighted by Gasteiger charge is 2.37. The standard InChI is InChI=1S/C24H24ClN5O2/c25-20-5-1-16(2-6-20)3-8-23(31)29-11-9-18-14-30(15-19(18)10-12-29)24(32)17-4-7-21-22(13-17)27-28-26-21/h1-8,13,18-19H,9-12,14-15H2,(H,26,27,28)/t18-,19+. The molecule has 0 radical (unpaired) electrons. The molecule has 1 N–H and O–H groups in total. The summed E-state index contributed by atoms with van der Waals surface area (Å²) in [6.45, 7) is 2.92. The summed E-state index contributed by atoms with van der Waals surface area (Å²) in [5.74, 6) is 0.927. The summed E-state index contributed by atoms with van der Waals surface area (Å²) in [5.41, 5.74) is 3.05. The number of likely N-dealkylation sites (tertiary alicyclic amines) is 2. The van der Waals surface area contributed by atoms with Crippen LogP contribution in [0.2, 0.25) is 5.02 Å². The molecule has 2 aromatic carbocycles. The molecule has 3 heterocycles. The van der Waals surface area contributed by atoms with E-state index in [0.717, 1.165) is 50.1 Å². The number of hydrogen-bond acceptors (Lipinski definition) is 4. The monoisotopic (exact) mass is 449 g/mol. The minimum Gasteiger partial charge on any atom is -0.339 e. The molecule has 0 bridgehead atoms. The molecule has 1 aromatic heterocycles. The molecule has 164 valence electrons. The second kappa shape index (κ2) is 8.74. The van der Waals surface area contributed by atoms with Gasteiger partial charge < -0.3 is 9.80 Å². The Labute approximate surface area is 191 Å². The summed E-state index contributed by atoms with van der Waals surface area (Å²) in [4.78, 5) is 29.6. The summed E-state index contributed by atoms with van der Waals surface area (Å²) in [6.07, 6.45) is 5.30. The Kier molecular flexibility index (Phi) is 5.66. The Morgan fingerprint density at radius 2 is 1.62 bits per heavy atom. The predicted octanol–water partition coefficient (Wildman–Crippen LogP) is 3.64. The number of halogens is 1. The SMILES string of the molecule is O=C(C=Cc1ccc(Cl)cc1)N1CC[C@@H]2CN(C(=O)c3ccc4n[nH]nc4c3)C[C@@H]2CC1. The van der Waals surface area contributed by atoms with Gasteiger partial charge in [0.25, 0.3) is 5.91 Å². The molecule has 2 amide bonds. The minimum absolute atomic E-state index is 0.0359. The van der Waals surface area contributed by atoms with Crippen LogP contribution in [0.15, 0.2) is 48.5 Å². The van der Waals surface area contributed by atoms with Crippen LogP contribution in [0.5, 0.6) is 0 Å². The predicted molar refractivity (Wildman–Crippen MR) is 123 cm³/mol. The number of benzene rings is 2. The van der Waals surface area contributed by atoms with Gasteiger partial charge in [0.1, 0.15) is 11.0 Å². The summed E-state index contributed by atoms with van der Waals surface area (Å²) < 4.78 is 0. The number of hydrogen-bond donors (Lipinski definition) is 1. The molecule has 2 aliphatic rings. The van der Waals surface area contributed by atoms with Crippen LogP contribution in [0, 0.1) is 11.8 Å². The Morgan fingerprint density at radius 3 is 2.34 bits per heavy atom. The first-order valence-corrected chi connectivity index (χ1v) is 11.3. The highest BCUT2D eigenvalue weighted by Crippen LogP contribution is 2.33. The number of aromatic nitrogens is 3. The van der Waals surface area contributed by atoms with Crippen molar-refractivity contribution in [3.8, 4) is 0 Å². The molecule has 0 unspecified atom stereocenters.